The molecule has 0 aliphatic heterocycles. The fourth-order valence-electron chi connectivity index (χ4n) is 3.94. The molecule has 1 fully saturated rings. The highest BCUT2D eigenvalue weighted by Crippen LogP contribution is 2.39. The van der Waals surface area contributed by atoms with Gasteiger partial charge in [0, 0.05) is 11.6 Å². The Kier molecular flexibility index (Phi) is 6.84. The highest BCUT2D eigenvalue weighted by atomic mass is 31.0. The monoisotopic (exact) mass is 465 g/mol. The van der Waals surface area contributed by atoms with Gasteiger partial charge in [0.25, 0.3) is 0 Å². The van der Waals surface area contributed by atoms with E-state index in [0.29, 0.717) is 30.7 Å². The molecule has 4 aromatic rings. The molecule has 1 aliphatic rings. The highest BCUT2D eigenvalue weighted by Gasteiger charge is 2.26. The summed E-state index contributed by atoms with van der Waals surface area (Å²) in [4.78, 5) is 0. The molecule has 1 atom stereocenters. The molecule has 1 aliphatic carbocycles. The van der Waals surface area contributed by atoms with Crippen LogP contribution in [0.15, 0.2) is 30.3 Å². The Hall–Kier alpha value is -3.12. The van der Waals surface area contributed by atoms with E-state index in [1.807, 2.05) is 56.5 Å². The number of H-pyrrole nitrogens is 1. The maximum absolute atomic E-state index is 6.60. The summed E-state index contributed by atoms with van der Waals surface area (Å²) in [6.07, 6.45) is 2.47. The van der Waals surface area contributed by atoms with E-state index in [9.17, 15) is 0 Å². The number of aromatic nitrogens is 5. The van der Waals surface area contributed by atoms with Crippen molar-refractivity contribution < 1.29 is 4.74 Å². The quantitative estimate of drug-likeness (QED) is 0.348. The first-order valence-electron chi connectivity index (χ1n) is 11.5. The topological polar surface area (TPSA) is 107 Å². The van der Waals surface area contributed by atoms with Gasteiger partial charge in [-0.1, -0.05) is 23.1 Å². The first-order valence-corrected chi connectivity index (χ1v) is 12.1. The van der Waals surface area contributed by atoms with Crippen molar-refractivity contribution in [3.05, 3.63) is 47.4 Å². The van der Waals surface area contributed by atoms with Crippen LogP contribution in [0, 0.1) is 6.92 Å². The molecule has 8 nitrogen and oxygen atoms in total. The smallest absolute Gasteiger partial charge is 0.159 e. The largest absolute Gasteiger partial charge is 0.494 e. The number of anilines is 2. The first kappa shape index (κ1) is 23.1. The van der Waals surface area contributed by atoms with Gasteiger partial charge in [-0.2, -0.15) is 10.2 Å². The van der Waals surface area contributed by atoms with Gasteiger partial charge in [-0.05, 0) is 57.0 Å². The van der Waals surface area contributed by atoms with E-state index in [2.05, 4.69) is 41.0 Å². The van der Waals surface area contributed by atoms with Crippen LogP contribution >= 0.6 is 9.24 Å². The molecule has 3 aromatic heterocycles. The second kappa shape index (κ2) is 9.79. The summed E-state index contributed by atoms with van der Waals surface area (Å²) in [6, 6.07) is 10.0. The number of fused-ring (bicyclic) bond motifs is 1. The average molecular weight is 466 g/mol. The summed E-state index contributed by atoms with van der Waals surface area (Å²) in [7, 11) is 2.81. The van der Waals surface area contributed by atoms with Crippen LogP contribution in [-0.2, 0) is 6.54 Å². The van der Waals surface area contributed by atoms with Crippen LogP contribution in [0.3, 0.4) is 0 Å². The minimum Gasteiger partial charge on any atom is -0.494 e. The second-order valence-electron chi connectivity index (χ2n) is 7.86. The molecule has 1 unspecified atom stereocenters. The molecule has 3 heterocycles. The van der Waals surface area contributed by atoms with Crippen LogP contribution in [-0.4, -0.2) is 31.6 Å². The average Bonchev–Trinajstić information content (AvgIpc) is 3.51. The molecule has 33 heavy (non-hydrogen) atoms. The van der Waals surface area contributed by atoms with Crippen LogP contribution < -0.4 is 21.2 Å². The standard InChI is InChI=1S/C22H26N7OP.C2H6/c1-3-30-16-8-6-15(7-9-16)29-20(23)18-12(2)25-28-21(19(18)22(29)31)24-11-14-10-17(27-26-14)13-4-5-13;1-2/h6-10,13H,3-5,11,23,31H2,1-2H3,(H,24,28)(H,26,27);1-2H3. The zero-order valence-electron chi connectivity index (χ0n) is 19.6. The number of nitrogens with two attached hydrogens (primary N) is 1. The summed E-state index contributed by atoms with van der Waals surface area (Å²) in [5.74, 6) is 2.79. The summed E-state index contributed by atoms with van der Waals surface area (Å²) >= 11 is 0. The molecular formula is C24H32N7OP. The third-order valence-electron chi connectivity index (χ3n) is 5.64. The van der Waals surface area contributed by atoms with Crippen LogP contribution in [0.1, 0.15) is 56.6 Å². The van der Waals surface area contributed by atoms with E-state index in [1.165, 1.54) is 12.8 Å². The normalized spacial score (nSPS) is 13.0. The van der Waals surface area contributed by atoms with E-state index in [4.69, 9.17) is 10.5 Å². The number of aromatic amines is 1. The molecule has 0 amide bonds. The molecule has 5 rings (SSSR count). The number of aryl methyl sites for hydroxylation is 1. The number of rotatable bonds is 7. The molecule has 0 bridgehead atoms. The Morgan fingerprint density at radius 3 is 2.58 bits per heavy atom. The number of nitrogens with zero attached hydrogens (tertiary/aromatic N) is 4. The van der Waals surface area contributed by atoms with Gasteiger partial charge in [-0.15, -0.1) is 5.10 Å². The lowest BCUT2D eigenvalue weighted by atomic mass is 10.2. The maximum atomic E-state index is 6.60. The van der Waals surface area contributed by atoms with Crippen molar-refractivity contribution >= 4 is 37.1 Å². The number of hydrogen-bond acceptors (Lipinski definition) is 6. The molecule has 9 heteroatoms. The van der Waals surface area contributed by atoms with Crippen molar-refractivity contribution in [1.29, 1.82) is 0 Å². The van der Waals surface area contributed by atoms with Gasteiger partial charge in [0.15, 0.2) is 5.82 Å². The minimum atomic E-state index is 0.588. The molecule has 0 saturated heterocycles. The predicted octanol–water partition coefficient (Wildman–Crippen LogP) is 4.45. The van der Waals surface area contributed by atoms with Crippen LogP contribution in [0.5, 0.6) is 5.75 Å². The van der Waals surface area contributed by atoms with Gasteiger partial charge < -0.3 is 15.8 Å². The molecule has 1 saturated carbocycles. The summed E-state index contributed by atoms with van der Waals surface area (Å²) < 4.78 is 7.57. The van der Waals surface area contributed by atoms with Gasteiger partial charge in [0.2, 0.25) is 0 Å². The van der Waals surface area contributed by atoms with Crippen molar-refractivity contribution in [2.24, 2.45) is 0 Å². The van der Waals surface area contributed by atoms with Crippen molar-refractivity contribution in [2.75, 3.05) is 17.7 Å². The number of ether oxygens (including phenoxy) is 1. The Morgan fingerprint density at radius 2 is 1.91 bits per heavy atom. The maximum Gasteiger partial charge on any atom is 0.159 e. The SMILES string of the molecule is CC.CCOc1ccc(-n2c(N)c3c(C)nnc(NCc4cc(C5CC5)n[nH]4)c3c2P)cc1. The van der Waals surface area contributed by atoms with E-state index in [1.54, 1.807) is 0 Å². The van der Waals surface area contributed by atoms with Crippen molar-refractivity contribution in [3.8, 4) is 11.4 Å². The van der Waals surface area contributed by atoms with Crippen LogP contribution in [0.4, 0.5) is 11.6 Å². The van der Waals surface area contributed by atoms with Gasteiger partial charge in [-0.25, -0.2) is 0 Å². The first-order chi connectivity index (χ1) is 16.1. The molecule has 0 spiro atoms. The number of hydrogen-bond donors (Lipinski definition) is 3. The lowest BCUT2D eigenvalue weighted by Crippen LogP contribution is -2.12. The summed E-state index contributed by atoms with van der Waals surface area (Å²) in [5.41, 5.74) is 11.5. The van der Waals surface area contributed by atoms with E-state index < -0.39 is 0 Å². The molecular weight excluding hydrogens is 433 g/mol. The Morgan fingerprint density at radius 1 is 1.18 bits per heavy atom. The van der Waals surface area contributed by atoms with E-state index in [0.717, 1.165) is 44.7 Å². The van der Waals surface area contributed by atoms with Gasteiger partial charge >= 0.3 is 0 Å². The van der Waals surface area contributed by atoms with Crippen LogP contribution in [0.2, 0.25) is 0 Å². The molecule has 4 N–H and O–H groups in total. The molecule has 1 aromatic carbocycles. The Labute approximate surface area is 196 Å². The van der Waals surface area contributed by atoms with Crippen molar-refractivity contribution in [1.82, 2.24) is 25.0 Å². The Bertz CT molecular complexity index is 1240. The Balaban J connectivity index is 0.00000126. The van der Waals surface area contributed by atoms with Crippen molar-refractivity contribution in [3.63, 3.8) is 0 Å². The van der Waals surface area contributed by atoms with Gasteiger partial charge in [0.1, 0.15) is 11.6 Å². The minimum absolute atomic E-state index is 0.588. The molecule has 174 valence electrons. The fraction of sp³-hybridized carbons (Fsp3) is 0.375. The molecule has 0 radical (unpaired) electrons. The third-order valence-corrected chi connectivity index (χ3v) is 6.19. The number of benzene rings is 1. The van der Waals surface area contributed by atoms with Crippen LogP contribution in [0.25, 0.3) is 16.5 Å². The van der Waals surface area contributed by atoms with Crippen molar-refractivity contribution in [2.45, 2.75) is 53.0 Å². The fourth-order valence-corrected chi connectivity index (χ4v) is 4.51. The zero-order chi connectivity index (χ0) is 23.5. The summed E-state index contributed by atoms with van der Waals surface area (Å²) in [5, 5.41) is 21.6. The highest BCUT2D eigenvalue weighted by molar-refractivity contribution is 7.28. The van der Waals surface area contributed by atoms with E-state index in [-0.39, 0.29) is 0 Å². The van der Waals surface area contributed by atoms with E-state index >= 15 is 0 Å². The third kappa shape index (κ3) is 4.53. The number of nitrogens with one attached hydrogen (secondary N) is 2. The predicted molar refractivity (Wildman–Crippen MR) is 138 cm³/mol. The zero-order valence-corrected chi connectivity index (χ0v) is 20.8. The lowest BCUT2D eigenvalue weighted by Gasteiger charge is -2.10. The number of nitrogen functional groups attached to an aromatic ring is 1. The summed E-state index contributed by atoms with van der Waals surface area (Å²) in [6.45, 7) is 9.12. The van der Waals surface area contributed by atoms with Gasteiger partial charge in [-0.3, -0.25) is 9.67 Å². The second-order valence-corrected chi connectivity index (χ2v) is 8.41. The lowest BCUT2D eigenvalue weighted by molar-refractivity contribution is 0.340. The van der Waals surface area contributed by atoms with Gasteiger partial charge in [0.05, 0.1) is 46.4 Å².